The smallest absolute Gasteiger partial charge is 0.321 e. The molecule has 6 nitrogen and oxygen atoms in total. The molecule has 0 aliphatic carbocycles. The van der Waals surface area contributed by atoms with Crippen molar-refractivity contribution in [3.8, 4) is 0 Å². The van der Waals surface area contributed by atoms with Gasteiger partial charge in [0.05, 0.1) is 6.61 Å². The normalized spacial score (nSPS) is 13.1. The zero-order valence-electron chi connectivity index (χ0n) is 10.3. The van der Waals surface area contributed by atoms with E-state index in [0.29, 0.717) is 6.54 Å². The predicted molar refractivity (Wildman–Crippen MR) is 60.9 cm³/mol. The molecule has 0 aromatic carbocycles. The number of hydrogen-bond donors (Lipinski definition) is 3. The number of ether oxygens (including phenoxy) is 1. The van der Waals surface area contributed by atoms with Crippen LogP contribution in [0, 0.1) is 0 Å². The van der Waals surface area contributed by atoms with Crippen molar-refractivity contribution in [3.63, 3.8) is 0 Å². The Bertz CT molecular complexity index is 248. The Hall–Kier alpha value is -1.14. The van der Waals surface area contributed by atoms with Crippen LogP contribution in [0.2, 0.25) is 0 Å². The van der Waals surface area contributed by atoms with Gasteiger partial charge in [0.25, 0.3) is 5.91 Å². The van der Waals surface area contributed by atoms with Crippen molar-refractivity contribution < 1.29 is 14.3 Å². The Labute approximate surface area is 95.9 Å². The van der Waals surface area contributed by atoms with E-state index in [1.807, 2.05) is 0 Å². The van der Waals surface area contributed by atoms with E-state index in [-0.39, 0.29) is 6.61 Å². The van der Waals surface area contributed by atoms with Crippen LogP contribution in [-0.4, -0.2) is 36.7 Å². The molecule has 0 bridgehead atoms. The van der Waals surface area contributed by atoms with Crippen LogP contribution in [0.4, 0.5) is 4.79 Å². The molecule has 0 heterocycles. The van der Waals surface area contributed by atoms with Gasteiger partial charge in [-0.1, -0.05) is 0 Å². The van der Waals surface area contributed by atoms with E-state index in [9.17, 15) is 9.59 Å². The van der Waals surface area contributed by atoms with Crippen LogP contribution in [0.25, 0.3) is 0 Å². The van der Waals surface area contributed by atoms with Gasteiger partial charge in [-0.05, 0) is 27.7 Å². The van der Waals surface area contributed by atoms with E-state index in [4.69, 9.17) is 10.5 Å². The zero-order valence-corrected chi connectivity index (χ0v) is 10.3. The molecule has 94 valence electrons. The molecule has 0 rings (SSSR count). The molecule has 0 spiro atoms. The lowest BCUT2D eigenvalue weighted by Crippen LogP contribution is -2.46. The molecule has 3 amide bonds. The first-order valence-electron chi connectivity index (χ1n) is 5.25. The Balaban J connectivity index is 3.95. The van der Waals surface area contributed by atoms with Gasteiger partial charge in [-0.25, -0.2) is 4.79 Å². The minimum atomic E-state index is -0.703. The summed E-state index contributed by atoms with van der Waals surface area (Å²) in [5.74, 6) is -0.477. The quantitative estimate of drug-likeness (QED) is 0.619. The average molecular weight is 231 g/mol. The van der Waals surface area contributed by atoms with E-state index in [0.717, 1.165) is 0 Å². The SMILES string of the molecule is CCNC(=O)NC(=O)C(C)OCC(C)(C)N. The van der Waals surface area contributed by atoms with Crippen LogP contribution in [-0.2, 0) is 9.53 Å². The molecule has 4 N–H and O–H groups in total. The number of urea groups is 1. The maximum Gasteiger partial charge on any atom is 0.321 e. The molecule has 0 aromatic heterocycles. The van der Waals surface area contributed by atoms with Gasteiger partial charge in [0.1, 0.15) is 6.10 Å². The highest BCUT2D eigenvalue weighted by Crippen LogP contribution is 2.00. The first-order chi connectivity index (χ1) is 7.26. The van der Waals surface area contributed by atoms with Gasteiger partial charge < -0.3 is 15.8 Å². The van der Waals surface area contributed by atoms with E-state index in [2.05, 4.69) is 10.6 Å². The molecule has 1 unspecified atom stereocenters. The first kappa shape index (κ1) is 14.9. The van der Waals surface area contributed by atoms with Crippen LogP contribution >= 0.6 is 0 Å². The second-order valence-corrected chi connectivity index (χ2v) is 4.29. The standard InChI is InChI=1S/C10H21N3O3/c1-5-12-9(15)13-8(14)7(2)16-6-10(3,4)11/h7H,5-6,11H2,1-4H3,(H2,12,13,14,15). The predicted octanol–water partition coefficient (Wildman–Crippen LogP) is -0.0255. The van der Waals surface area contributed by atoms with Crippen LogP contribution in [0.3, 0.4) is 0 Å². The van der Waals surface area contributed by atoms with Gasteiger partial charge >= 0.3 is 6.03 Å². The van der Waals surface area contributed by atoms with Gasteiger partial charge in [-0.15, -0.1) is 0 Å². The van der Waals surface area contributed by atoms with Crippen molar-refractivity contribution in [2.24, 2.45) is 5.73 Å². The highest BCUT2D eigenvalue weighted by molar-refractivity contribution is 5.96. The maximum atomic E-state index is 11.4. The van der Waals surface area contributed by atoms with Gasteiger partial charge in [0, 0.05) is 12.1 Å². The third kappa shape index (κ3) is 7.19. The molecular weight excluding hydrogens is 210 g/mol. The van der Waals surface area contributed by atoms with Crippen LogP contribution < -0.4 is 16.4 Å². The molecule has 0 aromatic rings. The molecular formula is C10H21N3O3. The molecule has 0 fully saturated rings. The summed E-state index contributed by atoms with van der Waals surface area (Å²) in [5.41, 5.74) is 5.20. The molecule has 0 aliphatic heterocycles. The second-order valence-electron chi connectivity index (χ2n) is 4.29. The fourth-order valence-electron chi connectivity index (χ4n) is 0.834. The number of rotatable bonds is 5. The van der Waals surface area contributed by atoms with Crippen molar-refractivity contribution in [2.75, 3.05) is 13.2 Å². The first-order valence-corrected chi connectivity index (χ1v) is 5.25. The topological polar surface area (TPSA) is 93.5 Å². The van der Waals surface area contributed by atoms with Crippen molar-refractivity contribution >= 4 is 11.9 Å². The van der Waals surface area contributed by atoms with E-state index in [1.165, 1.54) is 0 Å². The largest absolute Gasteiger partial charge is 0.367 e. The summed E-state index contributed by atoms with van der Waals surface area (Å²) >= 11 is 0. The van der Waals surface area contributed by atoms with Gasteiger partial charge in [0.2, 0.25) is 0 Å². The fourth-order valence-corrected chi connectivity index (χ4v) is 0.834. The van der Waals surface area contributed by atoms with Gasteiger partial charge in [0.15, 0.2) is 0 Å². The lowest BCUT2D eigenvalue weighted by atomic mass is 10.1. The lowest BCUT2D eigenvalue weighted by molar-refractivity contribution is -0.131. The molecule has 0 aliphatic rings. The van der Waals surface area contributed by atoms with Gasteiger partial charge in [-0.2, -0.15) is 0 Å². The van der Waals surface area contributed by atoms with E-state index >= 15 is 0 Å². The Morgan fingerprint density at radius 2 is 2.00 bits per heavy atom. The zero-order chi connectivity index (χ0) is 12.8. The summed E-state index contributed by atoms with van der Waals surface area (Å²) in [6.45, 7) is 7.63. The van der Waals surface area contributed by atoms with Crippen LogP contribution in [0.15, 0.2) is 0 Å². The Morgan fingerprint density at radius 1 is 1.44 bits per heavy atom. The maximum absolute atomic E-state index is 11.4. The molecule has 1 atom stereocenters. The third-order valence-corrected chi connectivity index (χ3v) is 1.65. The van der Waals surface area contributed by atoms with Crippen LogP contribution in [0.5, 0.6) is 0 Å². The van der Waals surface area contributed by atoms with Crippen molar-refractivity contribution in [1.29, 1.82) is 0 Å². The summed E-state index contributed by atoms with van der Waals surface area (Å²) in [4.78, 5) is 22.4. The molecule has 0 saturated heterocycles. The van der Waals surface area contributed by atoms with Crippen molar-refractivity contribution in [3.05, 3.63) is 0 Å². The van der Waals surface area contributed by atoms with Crippen molar-refractivity contribution in [2.45, 2.75) is 39.3 Å². The third-order valence-electron chi connectivity index (χ3n) is 1.65. The fraction of sp³-hybridized carbons (Fsp3) is 0.800. The van der Waals surface area contributed by atoms with Crippen molar-refractivity contribution in [1.82, 2.24) is 10.6 Å². The Morgan fingerprint density at radius 3 is 2.44 bits per heavy atom. The number of carbonyl (C=O) groups excluding carboxylic acids is 2. The summed E-state index contributed by atoms with van der Waals surface area (Å²) in [5, 5.41) is 4.61. The van der Waals surface area contributed by atoms with Gasteiger partial charge in [-0.3, -0.25) is 10.1 Å². The summed E-state index contributed by atoms with van der Waals surface area (Å²) in [7, 11) is 0. The molecule has 16 heavy (non-hydrogen) atoms. The molecule has 0 radical (unpaired) electrons. The summed E-state index contributed by atoms with van der Waals surface area (Å²) in [6.07, 6.45) is -0.703. The number of imide groups is 1. The number of carbonyl (C=O) groups is 2. The number of nitrogens with two attached hydrogens (primary N) is 1. The second kappa shape index (κ2) is 6.44. The highest BCUT2D eigenvalue weighted by Gasteiger charge is 2.19. The van der Waals surface area contributed by atoms with E-state index < -0.39 is 23.6 Å². The molecule has 6 heteroatoms. The highest BCUT2D eigenvalue weighted by atomic mass is 16.5. The minimum absolute atomic E-state index is 0.247. The minimum Gasteiger partial charge on any atom is -0.367 e. The summed E-state index contributed by atoms with van der Waals surface area (Å²) < 4.78 is 5.23. The Kier molecular flexibility index (Phi) is 5.98. The average Bonchev–Trinajstić information content (AvgIpc) is 2.13. The van der Waals surface area contributed by atoms with E-state index in [1.54, 1.807) is 27.7 Å². The number of nitrogens with one attached hydrogen (secondary N) is 2. The monoisotopic (exact) mass is 231 g/mol. The lowest BCUT2D eigenvalue weighted by Gasteiger charge is -2.21. The number of hydrogen-bond acceptors (Lipinski definition) is 4. The number of amides is 3. The van der Waals surface area contributed by atoms with Crippen LogP contribution in [0.1, 0.15) is 27.7 Å². The summed E-state index contributed by atoms with van der Waals surface area (Å²) in [6, 6.07) is -0.519. The molecule has 0 saturated carbocycles.